The van der Waals surface area contributed by atoms with E-state index >= 15 is 0 Å². The molecule has 1 aromatic heterocycles. The van der Waals surface area contributed by atoms with Crippen molar-refractivity contribution in [3.8, 4) is 0 Å². The number of carbonyl (C=O) groups excluding carboxylic acids is 1. The summed E-state index contributed by atoms with van der Waals surface area (Å²) in [6.45, 7) is 2.03. The lowest BCUT2D eigenvalue weighted by Gasteiger charge is -2.24. The van der Waals surface area contributed by atoms with Crippen LogP contribution in [0.1, 0.15) is 49.9 Å². The number of rotatable bonds is 4. The van der Waals surface area contributed by atoms with Gasteiger partial charge >= 0.3 is 0 Å². The van der Waals surface area contributed by atoms with Gasteiger partial charge in [-0.25, -0.2) is 0 Å². The summed E-state index contributed by atoms with van der Waals surface area (Å²) < 4.78 is 0. The molecule has 2 rings (SSSR count). The monoisotopic (exact) mass is 236 g/mol. The third kappa shape index (κ3) is 2.66. The number of hydrogen-bond donors (Lipinski definition) is 3. The molecule has 0 saturated carbocycles. The number of fused-ring (bicyclic) bond motifs is 1. The molecule has 1 aromatic rings. The average molecular weight is 236 g/mol. The summed E-state index contributed by atoms with van der Waals surface area (Å²) in [5.41, 5.74) is 8.07. The van der Waals surface area contributed by atoms with Crippen LogP contribution in [0.3, 0.4) is 0 Å². The van der Waals surface area contributed by atoms with Gasteiger partial charge in [-0.1, -0.05) is 13.3 Å². The number of aromatic amines is 1. The third-order valence-electron chi connectivity index (χ3n) is 3.29. The Kier molecular flexibility index (Phi) is 3.78. The van der Waals surface area contributed by atoms with Crippen LogP contribution in [0.15, 0.2) is 6.20 Å². The van der Waals surface area contributed by atoms with Crippen molar-refractivity contribution in [3.63, 3.8) is 0 Å². The van der Waals surface area contributed by atoms with Crippen molar-refractivity contribution >= 4 is 5.91 Å². The first-order valence-corrected chi connectivity index (χ1v) is 6.30. The molecular formula is C12H20N4O. The van der Waals surface area contributed by atoms with Crippen molar-refractivity contribution in [2.24, 2.45) is 5.73 Å². The lowest BCUT2D eigenvalue weighted by Crippen LogP contribution is -2.42. The number of nitrogens with one attached hydrogen (secondary N) is 2. The Morgan fingerprint density at radius 3 is 3.35 bits per heavy atom. The fraction of sp³-hybridized carbons (Fsp3) is 0.667. The molecule has 0 bridgehead atoms. The Morgan fingerprint density at radius 2 is 2.59 bits per heavy atom. The van der Waals surface area contributed by atoms with Crippen LogP contribution in [0.25, 0.3) is 0 Å². The number of amides is 1. The highest BCUT2D eigenvalue weighted by Gasteiger charge is 2.25. The molecule has 0 radical (unpaired) electrons. The quantitative estimate of drug-likeness (QED) is 0.730. The number of carbonyl (C=O) groups is 1. The maximum atomic E-state index is 11.9. The second-order valence-electron chi connectivity index (χ2n) is 4.66. The molecule has 5 heteroatoms. The van der Waals surface area contributed by atoms with Gasteiger partial charge in [-0.05, 0) is 31.2 Å². The molecule has 0 aromatic carbocycles. The zero-order valence-corrected chi connectivity index (χ0v) is 10.2. The highest BCUT2D eigenvalue weighted by molar-refractivity contribution is 5.81. The zero-order valence-electron chi connectivity index (χ0n) is 10.2. The van der Waals surface area contributed by atoms with E-state index in [2.05, 4.69) is 15.5 Å². The summed E-state index contributed by atoms with van der Waals surface area (Å²) >= 11 is 0. The normalized spacial score (nSPS) is 20.7. The molecule has 1 heterocycles. The van der Waals surface area contributed by atoms with Gasteiger partial charge in [0.1, 0.15) is 0 Å². The van der Waals surface area contributed by atoms with Crippen LogP contribution in [0.2, 0.25) is 0 Å². The van der Waals surface area contributed by atoms with Crippen LogP contribution in [0.4, 0.5) is 0 Å². The molecule has 0 fully saturated rings. The molecule has 2 atom stereocenters. The van der Waals surface area contributed by atoms with E-state index in [1.165, 1.54) is 5.56 Å². The van der Waals surface area contributed by atoms with Gasteiger partial charge in [0.15, 0.2) is 0 Å². The molecule has 2 unspecified atom stereocenters. The van der Waals surface area contributed by atoms with E-state index in [0.29, 0.717) is 0 Å². The number of nitrogens with zero attached hydrogens (tertiary/aromatic N) is 1. The summed E-state index contributed by atoms with van der Waals surface area (Å²) in [6.07, 6.45) is 6.59. The lowest BCUT2D eigenvalue weighted by atomic mass is 9.93. The molecule has 0 spiro atoms. The van der Waals surface area contributed by atoms with Crippen molar-refractivity contribution < 1.29 is 4.79 Å². The second-order valence-corrected chi connectivity index (χ2v) is 4.66. The fourth-order valence-electron chi connectivity index (χ4n) is 2.33. The minimum atomic E-state index is -0.395. The minimum absolute atomic E-state index is 0.0525. The predicted molar refractivity (Wildman–Crippen MR) is 65.3 cm³/mol. The number of aryl methyl sites for hydroxylation is 1. The molecule has 1 aliphatic rings. The number of hydrogen-bond acceptors (Lipinski definition) is 3. The highest BCUT2D eigenvalue weighted by atomic mass is 16.2. The van der Waals surface area contributed by atoms with Gasteiger partial charge in [0.05, 0.1) is 24.0 Å². The maximum Gasteiger partial charge on any atom is 0.237 e. The molecule has 5 nitrogen and oxygen atoms in total. The van der Waals surface area contributed by atoms with Crippen molar-refractivity contribution in [1.29, 1.82) is 0 Å². The van der Waals surface area contributed by atoms with Crippen molar-refractivity contribution in [2.45, 2.75) is 51.1 Å². The molecule has 4 N–H and O–H groups in total. The van der Waals surface area contributed by atoms with Crippen LogP contribution in [-0.4, -0.2) is 22.1 Å². The first-order chi connectivity index (χ1) is 8.22. The van der Waals surface area contributed by atoms with E-state index in [1.807, 2.05) is 13.1 Å². The topological polar surface area (TPSA) is 83.8 Å². The lowest BCUT2D eigenvalue weighted by molar-refractivity contribution is -0.123. The van der Waals surface area contributed by atoms with Gasteiger partial charge < -0.3 is 11.1 Å². The van der Waals surface area contributed by atoms with E-state index in [9.17, 15) is 4.79 Å². The van der Waals surface area contributed by atoms with Crippen molar-refractivity contribution in [2.75, 3.05) is 0 Å². The van der Waals surface area contributed by atoms with E-state index in [0.717, 1.165) is 37.8 Å². The van der Waals surface area contributed by atoms with Crippen LogP contribution >= 0.6 is 0 Å². The largest absolute Gasteiger partial charge is 0.346 e. The van der Waals surface area contributed by atoms with Gasteiger partial charge in [-0.2, -0.15) is 5.10 Å². The molecule has 0 saturated heterocycles. The van der Waals surface area contributed by atoms with E-state index in [4.69, 9.17) is 5.73 Å². The van der Waals surface area contributed by atoms with Crippen molar-refractivity contribution in [1.82, 2.24) is 15.5 Å². The van der Waals surface area contributed by atoms with E-state index < -0.39 is 6.04 Å². The first-order valence-electron chi connectivity index (χ1n) is 6.30. The number of aromatic nitrogens is 2. The van der Waals surface area contributed by atoms with Crippen LogP contribution in [0.5, 0.6) is 0 Å². The fourth-order valence-corrected chi connectivity index (χ4v) is 2.33. The van der Waals surface area contributed by atoms with Gasteiger partial charge in [0.25, 0.3) is 0 Å². The number of nitrogens with two attached hydrogens (primary N) is 1. The Bertz CT molecular complexity index is 388. The van der Waals surface area contributed by atoms with Crippen LogP contribution in [-0.2, 0) is 11.2 Å². The SMILES string of the molecule is CCCC(N)C(=O)NC1CCCc2cn[nH]c21. The summed E-state index contributed by atoms with van der Waals surface area (Å²) in [7, 11) is 0. The highest BCUT2D eigenvalue weighted by Crippen LogP contribution is 2.27. The molecule has 17 heavy (non-hydrogen) atoms. The molecule has 0 aliphatic heterocycles. The third-order valence-corrected chi connectivity index (χ3v) is 3.29. The van der Waals surface area contributed by atoms with Gasteiger partial charge in [0, 0.05) is 0 Å². The van der Waals surface area contributed by atoms with E-state index in [1.54, 1.807) is 0 Å². The summed E-state index contributed by atoms with van der Waals surface area (Å²) in [5, 5.41) is 10.0. The summed E-state index contributed by atoms with van der Waals surface area (Å²) in [4.78, 5) is 11.9. The molecular weight excluding hydrogens is 216 g/mol. The Morgan fingerprint density at radius 1 is 1.76 bits per heavy atom. The van der Waals surface area contributed by atoms with Gasteiger partial charge in [0.2, 0.25) is 5.91 Å². The van der Waals surface area contributed by atoms with Gasteiger partial charge in [-0.3, -0.25) is 9.89 Å². The standard InChI is InChI=1S/C12H20N4O/c1-2-4-9(13)12(17)15-10-6-3-5-8-7-14-16-11(8)10/h7,9-10H,2-6,13H2,1H3,(H,14,16)(H,15,17). The Labute approximate surface area is 101 Å². The summed E-state index contributed by atoms with van der Waals surface area (Å²) in [5.74, 6) is -0.0562. The van der Waals surface area contributed by atoms with Crippen molar-refractivity contribution in [3.05, 3.63) is 17.5 Å². The minimum Gasteiger partial charge on any atom is -0.346 e. The second kappa shape index (κ2) is 5.31. The molecule has 94 valence electrons. The van der Waals surface area contributed by atoms with Crippen LogP contribution < -0.4 is 11.1 Å². The molecule has 1 aliphatic carbocycles. The Hall–Kier alpha value is -1.36. The van der Waals surface area contributed by atoms with Gasteiger partial charge in [-0.15, -0.1) is 0 Å². The maximum absolute atomic E-state index is 11.9. The summed E-state index contributed by atoms with van der Waals surface area (Å²) in [6, 6.07) is -0.343. The van der Waals surface area contributed by atoms with Crippen LogP contribution in [0, 0.1) is 0 Å². The first kappa shape index (κ1) is 12.1. The average Bonchev–Trinajstić information content (AvgIpc) is 2.78. The number of H-pyrrole nitrogens is 1. The smallest absolute Gasteiger partial charge is 0.237 e. The predicted octanol–water partition coefficient (Wildman–Crippen LogP) is 1.03. The zero-order chi connectivity index (χ0) is 12.3. The van der Waals surface area contributed by atoms with E-state index in [-0.39, 0.29) is 11.9 Å². The Balaban J connectivity index is 1.99. The molecule has 1 amide bonds.